The molecule has 1 atom stereocenters. The van der Waals surface area contributed by atoms with Gasteiger partial charge < -0.3 is 15.1 Å². The van der Waals surface area contributed by atoms with Crippen molar-refractivity contribution in [3.8, 4) is 5.75 Å². The lowest BCUT2D eigenvalue weighted by atomic mass is 10.1. The van der Waals surface area contributed by atoms with Gasteiger partial charge in [0.25, 0.3) is 5.91 Å². The van der Waals surface area contributed by atoms with E-state index in [4.69, 9.17) is 5.11 Å². The highest BCUT2D eigenvalue weighted by Crippen LogP contribution is 2.21. The monoisotopic (exact) mass is 241 g/mol. The van der Waals surface area contributed by atoms with E-state index in [-0.39, 0.29) is 11.3 Å². The van der Waals surface area contributed by atoms with Crippen molar-refractivity contribution in [2.75, 3.05) is 13.6 Å². The van der Waals surface area contributed by atoms with E-state index in [0.29, 0.717) is 13.0 Å². The van der Waals surface area contributed by atoms with E-state index >= 15 is 0 Å². The Hall–Kier alpha value is -1.62. The molecule has 17 heavy (non-hydrogen) atoms. The number of halogens is 1. The first-order chi connectivity index (χ1) is 7.93. The fourth-order valence-corrected chi connectivity index (χ4v) is 1.40. The number of amides is 1. The molecule has 0 saturated heterocycles. The summed E-state index contributed by atoms with van der Waals surface area (Å²) >= 11 is 0. The van der Waals surface area contributed by atoms with Gasteiger partial charge in [0.15, 0.2) is 0 Å². The van der Waals surface area contributed by atoms with Gasteiger partial charge in [0, 0.05) is 13.6 Å². The Labute approximate surface area is 99.3 Å². The number of rotatable bonds is 4. The molecular formula is C12H16FNO3. The first-order valence-corrected chi connectivity index (χ1v) is 5.34. The highest BCUT2D eigenvalue weighted by Gasteiger charge is 2.20. The Morgan fingerprint density at radius 3 is 2.71 bits per heavy atom. The normalized spacial score (nSPS) is 12.2. The first kappa shape index (κ1) is 13.4. The topological polar surface area (TPSA) is 60.8 Å². The largest absolute Gasteiger partial charge is 0.507 e. The van der Waals surface area contributed by atoms with Crippen molar-refractivity contribution in [2.45, 2.75) is 19.4 Å². The van der Waals surface area contributed by atoms with Crippen molar-refractivity contribution in [1.82, 2.24) is 4.90 Å². The lowest BCUT2D eigenvalue weighted by Crippen LogP contribution is -2.30. The number of hydrogen-bond donors (Lipinski definition) is 2. The number of aliphatic hydroxyl groups excluding tert-OH is 1. The van der Waals surface area contributed by atoms with Gasteiger partial charge in [0.05, 0.1) is 6.10 Å². The maximum absolute atomic E-state index is 13.4. The zero-order chi connectivity index (χ0) is 13.0. The molecule has 1 unspecified atom stereocenters. The Morgan fingerprint density at radius 1 is 1.53 bits per heavy atom. The summed E-state index contributed by atoms with van der Waals surface area (Å²) in [6.45, 7) is 1.91. The summed E-state index contributed by atoms with van der Waals surface area (Å²) in [5.41, 5.74) is -0.333. The molecule has 94 valence electrons. The molecule has 0 fully saturated rings. The molecule has 0 bridgehead atoms. The standard InChI is InChI=1S/C12H16FNO3/c1-8(15)6-7-14(2)12(17)11-9(13)4-3-5-10(11)16/h3-5,8,15-16H,6-7H2,1-2H3. The van der Waals surface area contributed by atoms with Crippen LogP contribution in [0.25, 0.3) is 0 Å². The molecule has 0 aliphatic heterocycles. The van der Waals surface area contributed by atoms with Crippen LogP contribution in [0.5, 0.6) is 5.75 Å². The number of aromatic hydroxyl groups is 1. The number of phenols is 1. The lowest BCUT2D eigenvalue weighted by Gasteiger charge is -2.18. The minimum Gasteiger partial charge on any atom is -0.507 e. The highest BCUT2D eigenvalue weighted by atomic mass is 19.1. The van der Waals surface area contributed by atoms with Crippen LogP contribution in [-0.4, -0.2) is 40.7 Å². The predicted molar refractivity (Wildman–Crippen MR) is 61.3 cm³/mol. The summed E-state index contributed by atoms with van der Waals surface area (Å²) in [7, 11) is 1.50. The smallest absolute Gasteiger partial charge is 0.260 e. The van der Waals surface area contributed by atoms with Crippen LogP contribution in [0.3, 0.4) is 0 Å². The van der Waals surface area contributed by atoms with Gasteiger partial charge in [-0.15, -0.1) is 0 Å². The molecule has 0 aliphatic carbocycles. The Balaban J connectivity index is 2.82. The van der Waals surface area contributed by atoms with Gasteiger partial charge in [-0.2, -0.15) is 0 Å². The van der Waals surface area contributed by atoms with Gasteiger partial charge in [0.1, 0.15) is 17.1 Å². The third-order valence-corrected chi connectivity index (χ3v) is 2.43. The third kappa shape index (κ3) is 3.42. The lowest BCUT2D eigenvalue weighted by molar-refractivity contribution is 0.0761. The molecule has 5 heteroatoms. The second kappa shape index (κ2) is 5.63. The van der Waals surface area contributed by atoms with Gasteiger partial charge in [0.2, 0.25) is 0 Å². The molecular weight excluding hydrogens is 225 g/mol. The zero-order valence-corrected chi connectivity index (χ0v) is 9.85. The minimum absolute atomic E-state index is 0.296. The zero-order valence-electron chi connectivity index (χ0n) is 9.85. The summed E-state index contributed by atoms with van der Waals surface area (Å²) < 4.78 is 13.4. The molecule has 0 radical (unpaired) electrons. The van der Waals surface area contributed by atoms with Crippen LogP contribution in [0.1, 0.15) is 23.7 Å². The molecule has 0 saturated carbocycles. The highest BCUT2D eigenvalue weighted by molar-refractivity contribution is 5.96. The Bertz CT molecular complexity index is 386. The average molecular weight is 241 g/mol. The number of aliphatic hydroxyl groups is 1. The number of carbonyl (C=O) groups excluding carboxylic acids is 1. The summed E-state index contributed by atoms with van der Waals surface area (Å²) in [6, 6.07) is 3.71. The molecule has 0 heterocycles. The van der Waals surface area contributed by atoms with Gasteiger partial charge in [-0.05, 0) is 25.5 Å². The molecule has 1 amide bonds. The molecule has 0 spiro atoms. The Morgan fingerprint density at radius 2 is 2.18 bits per heavy atom. The van der Waals surface area contributed by atoms with Crippen LogP contribution in [0.15, 0.2) is 18.2 Å². The van der Waals surface area contributed by atoms with E-state index in [1.807, 2.05) is 0 Å². The summed E-state index contributed by atoms with van der Waals surface area (Å²) in [4.78, 5) is 13.1. The number of carbonyl (C=O) groups is 1. The molecule has 1 aromatic rings. The van der Waals surface area contributed by atoms with Crippen LogP contribution in [-0.2, 0) is 0 Å². The van der Waals surface area contributed by atoms with E-state index in [0.717, 1.165) is 6.07 Å². The van der Waals surface area contributed by atoms with Crippen LogP contribution in [0, 0.1) is 5.82 Å². The average Bonchev–Trinajstić information content (AvgIpc) is 2.25. The summed E-state index contributed by atoms with van der Waals surface area (Å²) in [5, 5.41) is 18.6. The van der Waals surface area contributed by atoms with Gasteiger partial charge >= 0.3 is 0 Å². The third-order valence-electron chi connectivity index (χ3n) is 2.43. The predicted octanol–water partition coefficient (Wildman–Crippen LogP) is 1.37. The number of hydrogen-bond acceptors (Lipinski definition) is 3. The number of phenolic OH excluding ortho intramolecular Hbond substituents is 1. The van der Waals surface area contributed by atoms with Gasteiger partial charge in [-0.1, -0.05) is 6.07 Å². The van der Waals surface area contributed by atoms with Crippen molar-refractivity contribution in [2.24, 2.45) is 0 Å². The maximum atomic E-state index is 13.4. The summed E-state index contributed by atoms with van der Waals surface area (Å²) in [6.07, 6.45) is -0.128. The number of nitrogens with zero attached hydrogens (tertiary/aromatic N) is 1. The van der Waals surface area contributed by atoms with E-state index < -0.39 is 17.8 Å². The first-order valence-electron chi connectivity index (χ1n) is 5.34. The van der Waals surface area contributed by atoms with E-state index in [2.05, 4.69) is 0 Å². The fourth-order valence-electron chi connectivity index (χ4n) is 1.40. The van der Waals surface area contributed by atoms with Gasteiger partial charge in [-0.3, -0.25) is 4.79 Å². The van der Waals surface area contributed by atoms with Gasteiger partial charge in [-0.25, -0.2) is 4.39 Å². The van der Waals surface area contributed by atoms with E-state index in [1.54, 1.807) is 6.92 Å². The maximum Gasteiger partial charge on any atom is 0.260 e. The molecule has 1 aromatic carbocycles. The molecule has 0 aromatic heterocycles. The van der Waals surface area contributed by atoms with Crippen molar-refractivity contribution in [3.05, 3.63) is 29.6 Å². The second-order valence-electron chi connectivity index (χ2n) is 4.00. The summed E-state index contributed by atoms with van der Waals surface area (Å²) in [5.74, 6) is -1.72. The molecule has 1 rings (SSSR count). The molecule has 4 nitrogen and oxygen atoms in total. The Kier molecular flexibility index (Phi) is 4.45. The van der Waals surface area contributed by atoms with Crippen molar-refractivity contribution in [1.29, 1.82) is 0 Å². The number of benzene rings is 1. The van der Waals surface area contributed by atoms with Crippen LogP contribution < -0.4 is 0 Å². The molecule has 0 aliphatic rings. The quantitative estimate of drug-likeness (QED) is 0.837. The van der Waals surface area contributed by atoms with Crippen LogP contribution >= 0.6 is 0 Å². The van der Waals surface area contributed by atoms with Crippen molar-refractivity contribution < 1.29 is 19.4 Å². The SMILES string of the molecule is CC(O)CCN(C)C(=O)c1c(O)cccc1F. The molecule has 2 N–H and O–H groups in total. The van der Waals surface area contributed by atoms with E-state index in [9.17, 15) is 14.3 Å². The van der Waals surface area contributed by atoms with Crippen LogP contribution in [0.2, 0.25) is 0 Å². The minimum atomic E-state index is -0.751. The van der Waals surface area contributed by atoms with Crippen LogP contribution in [0.4, 0.5) is 4.39 Å². The van der Waals surface area contributed by atoms with Crippen molar-refractivity contribution in [3.63, 3.8) is 0 Å². The fraction of sp³-hybridized carbons (Fsp3) is 0.417. The van der Waals surface area contributed by atoms with Crippen molar-refractivity contribution >= 4 is 5.91 Å². The van der Waals surface area contributed by atoms with E-state index in [1.165, 1.54) is 24.1 Å². The second-order valence-corrected chi connectivity index (χ2v) is 4.00.